The van der Waals surface area contributed by atoms with Gasteiger partial charge in [-0.25, -0.2) is 9.69 Å². The summed E-state index contributed by atoms with van der Waals surface area (Å²) < 4.78 is 55.1. The van der Waals surface area contributed by atoms with E-state index in [0.717, 1.165) is 17.0 Å². The molecule has 1 aliphatic rings. The first kappa shape index (κ1) is 24.7. The molecule has 2 N–H and O–H groups in total. The van der Waals surface area contributed by atoms with E-state index >= 15 is 0 Å². The number of hydrogen-bond donors (Lipinski definition) is 2. The number of carbonyl (C=O) groups excluding carboxylic acids is 1. The Balaban J connectivity index is 1.58. The van der Waals surface area contributed by atoms with Crippen molar-refractivity contribution in [1.82, 2.24) is 10.5 Å². The molecule has 0 aliphatic carbocycles. The van der Waals surface area contributed by atoms with E-state index in [1.54, 1.807) is 35.8 Å². The third kappa shape index (κ3) is 5.70. The molecule has 2 aromatic rings. The van der Waals surface area contributed by atoms with Crippen LogP contribution in [0, 0.1) is 0 Å². The molecule has 2 atom stereocenters. The summed E-state index contributed by atoms with van der Waals surface area (Å²) in [5.41, 5.74) is 1.31. The number of halogens is 3. The molecule has 1 fully saturated rings. The Morgan fingerprint density at radius 2 is 1.69 bits per heavy atom. The van der Waals surface area contributed by atoms with Crippen LogP contribution in [0.4, 0.5) is 13.2 Å². The van der Waals surface area contributed by atoms with Gasteiger partial charge in [-0.05, 0) is 49.6 Å². The number of thioether (sulfide) groups is 1. The highest BCUT2D eigenvalue weighted by Crippen LogP contribution is 2.35. The molecule has 0 aromatic heterocycles. The molecule has 1 saturated heterocycles. The van der Waals surface area contributed by atoms with Crippen molar-refractivity contribution in [2.45, 2.75) is 40.8 Å². The van der Waals surface area contributed by atoms with Crippen molar-refractivity contribution in [2.75, 3.05) is 13.1 Å². The van der Waals surface area contributed by atoms with E-state index in [0.29, 0.717) is 31.5 Å². The van der Waals surface area contributed by atoms with Crippen LogP contribution >= 0.6 is 11.8 Å². The van der Waals surface area contributed by atoms with Crippen molar-refractivity contribution in [1.29, 1.82) is 0 Å². The fraction of sp³-hybridized carbons (Fsp3) is 0.381. The maximum atomic E-state index is 13.0. The van der Waals surface area contributed by atoms with Gasteiger partial charge in [0.15, 0.2) is 15.8 Å². The lowest BCUT2D eigenvalue weighted by molar-refractivity contribution is -0.137. The molecule has 11 heteroatoms. The molecular weight excluding hydrogens is 465 g/mol. The molecule has 1 amide bonds. The first-order valence-corrected chi connectivity index (χ1v) is 11.8. The van der Waals surface area contributed by atoms with Gasteiger partial charge >= 0.3 is 6.18 Å². The lowest BCUT2D eigenvalue weighted by Gasteiger charge is -2.33. The van der Waals surface area contributed by atoms with E-state index in [4.69, 9.17) is 9.49 Å². The SMILES string of the molecule is CC(C(=O)NO)(c1ccccc1)S(=O)ON1CCC(Sc2ccc(C(F)(F)F)cc2)CC1. The van der Waals surface area contributed by atoms with Gasteiger partial charge in [0, 0.05) is 23.2 Å². The third-order valence-corrected chi connectivity index (χ3v) is 8.03. The Labute approximate surface area is 190 Å². The highest BCUT2D eigenvalue weighted by Gasteiger charge is 2.44. The largest absolute Gasteiger partial charge is 0.416 e. The molecule has 0 radical (unpaired) electrons. The van der Waals surface area contributed by atoms with Crippen molar-refractivity contribution < 1.29 is 31.7 Å². The molecule has 2 unspecified atom stereocenters. The summed E-state index contributed by atoms with van der Waals surface area (Å²) in [6.07, 6.45) is -3.03. The van der Waals surface area contributed by atoms with Crippen molar-refractivity contribution >= 4 is 28.7 Å². The van der Waals surface area contributed by atoms with Crippen LogP contribution in [0.1, 0.15) is 30.9 Å². The number of nitrogens with one attached hydrogen (secondary N) is 1. The monoisotopic (exact) mass is 488 g/mol. The Bertz CT molecular complexity index is 936. The molecular formula is C21H23F3N2O4S2. The first-order valence-electron chi connectivity index (χ1n) is 9.84. The van der Waals surface area contributed by atoms with Crippen LogP contribution in [0.3, 0.4) is 0 Å². The van der Waals surface area contributed by atoms with Crippen LogP contribution in [0.25, 0.3) is 0 Å². The van der Waals surface area contributed by atoms with E-state index in [1.807, 2.05) is 0 Å². The lowest BCUT2D eigenvalue weighted by atomic mass is 10.00. The zero-order valence-electron chi connectivity index (χ0n) is 17.2. The number of carbonyl (C=O) groups is 1. The fourth-order valence-corrected chi connectivity index (χ4v) is 5.42. The number of piperidine rings is 1. The Hall–Kier alpha value is -1.92. The number of amides is 1. The third-order valence-electron chi connectivity index (χ3n) is 5.25. The molecule has 3 rings (SSSR count). The summed E-state index contributed by atoms with van der Waals surface area (Å²) in [4.78, 5) is 13.1. The second kappa shape index (κ2) is 10.3. The molecule has 1 aliphatic heterocycles. The minimum atomic E-state index is -4.36. The number of benzene rings is 2. The Morgan fingerprint density at radius 1 is 1.09 bits per heavy atom. The molecule has 0 bridgehead atoms. The van der Waals surface area contributed by atoms with Gasteiger partial charge in [0.25, 0.3) is 5.91 Å². The summed E-state index contributed by atoms with van der Waals surface area (Å²) in [5.74, 6) is -0.852. The van der Waals surface area contributed by atoms with Gasteiger partial charge in [0.1, 0.15) is 0 Å². The maximum Gasteiger partial charge on any atom is 0.416 e. The van der Waals surface area contributed by atoms with E-state index < -0.39 is 33.5 Å². The second-order valence-electron chi connectivity index (χ2n) is 7.42. The molecule has 6 nitrogen and oxygen atoms in total. The Morgan fingerprint density at radius 3 is 2.22 bits per heavy atom. The quantitative estimate of drug-likeness (QED) is 0.448. The number of hydrogen-bond acceptors (Lipinski definition) is 6. The summed E-state index contributed by atoms with van der Waals surface area (Å²) in [6, 6.07) is 13.5. The maximum absolute atomic E-state index is 13.0. The highest BCUT2D eigenvalue weighted by atomic mass is 32.2. The van der Waals surface area contributed by atoms with Crippen LogP contribution in [0.5, 0.6) is 0 Å². The van der Waals surface area contributed by atoms with Crippen molar-refractivity contribution in [3.63, 3.8) is 0 Å². The predicted molar refractivity (Wildman–Crippen MR) is 115 cm³/mol. The summed E-state index contributed by atoms with van der Waals surface area (Å²) >= 11 is -0.629. The van der Waals surface area contributed by atoms with Gasteiger partial charge in [-0.15, -0.1) is 11.8 Å². The van der Waals surface area contributed by atoms with Crippen LogP contribution in [0.2, 0.25) is 0 Å². The van der Waals surface area contributed by atoms with Gasteiger partial charge in [-0.2, -0.15) is 22.5 Å². The molecule has 1 heterocycles. The minimum Gasteiger partial charge on any atom is -0.289 e. The lowest BCUT2D eigenvalue weighted by Crippen LogP contribution is -2.47. The highest BCUT2D eigenvalue weighted by molar-refractivity contribution is 8.00. The van der Waals surface area contributed by atoms with Gasteiger partial charge < -0.3 is 0 Å². The topological polar surface area (TPSA) is 78.9 Å². The molecule has 2 aromatic carbocycles. The van der Waals surface area contributed by atoms with Crippen LogP contribution in [-0.4, -0.2) is 38.7 Å². The van der Waals surface area contributed by atoms with Gasteiger partial charge in [-0.3, -0.25) is 10.0 Å². The zero-order valence-corrected chi connectivity index (χ0v) is 18.8. The van der Waals surface area contributed by atoms with E-state index in [2.05, 4.69) is 0 Å². The molecule has 32 heavy (non-hydrogen) atoms. The molecule has 174 valence electrons. The van der Waals surface area contributed by atoms with Crippen molar-refractivity contribution in [3.05, 3.63) is 65.7 Å². The minimum absolute atomic E-state index is 0.168. The summed E-state index contributed by atoms with van der Waals surface area (Å²) in [6.45, 7) is 2.31. The average molecular weight is 489 g/mol. The van der Waals surface area contributed by atoms with Crippen LogP contribution in [0.15, 0.2) is 59.5 Å². The predicted octanol–water partition coefficient (Wildman–Crippen LogP) is 4.28. The van der Waals surface area contributed by atoms with Crippen LogP contribution in [-0.2, 0) is 31.1 Å². The number of hydroxylamine groups is 3. The van der Waals surface area contributed by atoms with Gasteiger partial charge in [0.05, 0.1) is 5.56 Å². The molecule has 0 saturated carbocycles. The first-order chi connectivity index (χ1) is 15.1. The number of nitrogens with zero attached hydrogens (tertiary/aromatic N) is 1. The number of rotatable bonds is 7. The van der Waals surface area contributed by atoms with Crippen LogP contribution < -0.4 is 5.48 Å². The fourth-order valence-electron chi connectivity index (χ4n) is 3.28. The van der Waals surface area contributed by atoms with E-state index in [-0.39, 0.29) is 5.25 Å². The second-order valence-corrected chi connectivity index (χ2v) is 10.2. The standard InChI is InChI=1S/C21H23F3N2O4S2/c1-20(19(27)25-28,15-5-3-2-4-6-15)32(29)30-26-13-11-18(12-14-26)31-17-9-7-16(8-10-17)21(22,23)24/h2-10,18,28H,11-14H2,1H3,(H,25,27). The normalized spacial score (nSPS) is 18.7. The number of alkyl halides is 3. The van der Waals surface area contributed by atoms with Crippen molar-refractivity contribution in [3.8, 4) is 0 Å². The van der Waals surface area contributed by atoms with E-state index in [9.17, 15) is 22.2 Å². The van der Waals surface area contributed by atoms with Gasteiger partial charge in [-0.1, -0.05) is 30.3 Å². The van der Waals surface area contributed by atoms with E-state index in [1.165, 1.54) is 35.9 Å². The summed E-state index contributed by atoms with van der Waals surface area (Å²) in [7, 11) is 0. The summed E-state index contributed by atoms with van der Waals surface area (Å²) in [5, 5.41) is 10.8. The zero-order chi connectivity index (χ0) is 23.4. The smallest absolute Gasteiger partial charge is 0.289 e. The van der Waals surface area contributed by atoms with Crippen molar-refractivity contribution in [2.24, 2.45) is 0 Å². The Kier molecular flexibility index (Phi) is 7.99. The molecule has 0 spiro atoms. The average Bonchev–Trinajstić information content (AvgIpc) is 2.79. The van der Waals surface area contributed by atoms with Gasteiger partial charge in [0.2, 0.25) is 0 Å².